The van der Waals surface area contributed by atoms with Gasteiger partial charge in [0.15, 0.2) is 11.5 Å². The fourth-order valence-electron chi connectivity index (χ4n) is 2.34. The van der Waals surface area contributed by atoms with Gasteiger partial charge in [0.25, 0.3) is 15.9 Å². The molecule has 1 aromatic carbocycles. The Morgan fingerprint density at radius 1 is 1.06 bits per heavy atom. The molecule has 0 aliphatic carbocycles. The predicted octanol–water partition coefficient (Wildman–Crippen LogP) is 2.29. The molecule has 3 aromatic rings. The lowest BCUT2D eigenvalue weighted by atomic mass is 10.3. The number of anilines is 2. The molecule has 0 fully saturated rings. The average Bonchev–Trinajstić information content (AvgIpc) is 3.24. The van der Waals surface area contributed by atoms with Crippen LogP contribution < -0.4 is 19.5 Å². The highest BCUT2D eigenvalue weighted by Gasteiger charge is 2.33. The first kappa shape index (κ1) is 22.8. The van der Waals surface area contributed by atoms with E-state index in [1.165, 1.54) is 44.6 Å². The molecule has 0 aliphatic heterocycles. The van der Waals surface area contributed by atoms with Crippen LogP contribution in [0.3, 0.4) is 0 Å². The first-order valence-corrected chi connectivity index (χ1v) is 10.0. The number of nitrogens with zero attached hydrogens (tertiary/aromatic N) is 3. The van der Waals surface area contributed by atoms with Gasteiger partial charge in [0.1, 0.15) is 5.69 Å². The molecule has 0 bridgehead atoms. The van der Waals surface area contributed by atoms with E-state index in [4.69, 9.17) is 9.47 Å². The third-order valence-corrected chi connectivity index (χ3v) is 5.22. The second kappa shape index (κ2) is 8.70. The number of H-pyrrole nitrogens is 1. The molecule has 3 N–H and O–H groups in total. The Bertz CT molecular complexity index is 1210. The molecule has 11 nitrogen and oxygen atoms in total. The van der Waals surface area contributed by atoms with Crippen molar-refractivity contribution in [1.29, 1.82) is 0 Å². The van der Waals surface area contributed by atoms with Crippen LogP contribution in [0.25, 0.3) is 0 Å². The Kier molecular flexibility index (Phi) is 6.20. The van der Waals surface area contributed by atoms with Crippen molar-refractivity contribution < 1.29 is 35.9 Å². The molecule has 0 saturated carbocycles. The minimum atomic E-state index is -4.67. The molecule has 0 aliphatic rings. The lowest BCUT2D eigenvalue weighted by molar-refractivity contribution is -0.141. The molecule has 2 heterocycles. The summed E-state index contributed by atoms with van der Waals surface area (Å²) in [6, 6.07) is 6.55. The van der Waals surface area contributed by atoms with Gasteiger partial charge in [-0.2, -0.15) is 28.2 Å². The Labute approximate surface area is 179 Å². The Morgan fingerprint density at radius 3 is 2.31 bits per heavy atom. The number of nitrogens with one attached hydrogen (secondary N) is 3. The predicted molar refractivity (Wildman–Crippen MR) is 104 cm³/mol. The molecule has 3 rings (SSSR count). The normalized spacial score (nSPS) is 11.7. The van der Waals surface area contributed by atoms with Gasteiger partial charge in [-0.05, 0) is 24.3 Å². The number of benzene rings is 1. The molecule has 0 saturated heterocycles. The van der Waals surface area contributed by atoms with E-state index in [-0.39, 0.29) is 28.3 Å². The van der Waals surface area contributed by atoms with Crippen molar-refractivity contribution in [2.24, 2.45) is 0 Å². The van der Waals surface area contributed by atoms with Gasteiger partial charge in [0, 0.05) is 17.8 Å². The highest BCUT2D eigenvalue weighted by Crippen LogP contribution is 2.28. The Balaban J connectivity index is 1.73. The van der Waals surface area contributed by atoms with Gasteiger partial charge < -0.3 is 14.8 Å². The van der Waals surface area contributed by atoms with E-state index in [1.807, 2.05) is 0 Å². The van der Waals surface area contributed by atoms with Crippen LogP contribution in [0.2, 0.25) is 0 Å². The maximum atomic E-state index is 12.6. The van der Waals surface area contributed by atoms with E-state index in [0.717, 1.165) is 0 Å². The standard InChI is InChI=1S/C17H15F3N6O5S/c1-30-14-8-13(22-16(23-14)31-2)26-32(28,29)10-5-3-9(4-6-10)21-15(27)11-7-12(25-24-11)17(18,19)20/h3-8H,1-2H3,(H,21,27)(H,24,25)(H,22,23,26). The number of halogens is 3. The molecular formula is C17H15F3N6O5S. The van der Waals surface area contributed by atoms with E-state index in [2.05, 4.69) is 25.1 Å². The lowest BCUT2D eigenvalue weighted by Crippen LogP contribution is -2.15. The molecule has 0 atom stereocenters. The zero-order valence-corrected chi connectivity index (χ0v) is 17.2. The van der Waals surface area contributed by atoms with Crippen molar-refractivity contribution in [3.05, 3.63) is 47.8 Å². The molecule has 0 unspecified atom stereocenters. The maximum absolute atomic E-state index is 12.6. The van der Waals surface area contributed by atoms with E-state index in [1.54, 1.807) is 5.10 Å². The number of amides is 1. The van der Waals surface area contributed by atoms with Gasteiger partial charge >= 0.3 is 12.2 Å². The first-order chi connectivity index (χ1) is 15.0. The van der Waals surface area contributed by atoms with Crippen LogP contribution in [0.1, 0.15) is 16.2 Å². The summed E-state index contributed by atoms with van der Waals surface area (Å²) in [6.07, 6.45) is -4.67. The number of sulfonamides is 1. The number of hydrogen-bond acceptors (Lipinski definition) is 8. The number of aromatic amines is 1. The summed E-state index contributed by atoms with van der Waals surface area (Å²) in [5.41, 5.74) is -1.52. The summed E-state index contributed by atoms with van der Waals surface area (Å²) in [7, 11) is -1.45. The third-order valence-electron chi connectivity index (χ3n) is 3.85. The number of hydrogen-bond donors (Lipinski definition) is 3. The third kappa shape index (κ3) is 5.23. The number of ether oxygens (including phenoxy) is 2. The number of carbonyl (C=O) groups is 1. The fourth-order valence-corrected chi connectivity index (χ4v) is 3.34. The molecule has 0 spiro atoms. The van der Waals surface area contributed by atoms with Crippen molar-refractivity contribution in [3.8, 4) is 11.9 Å². The monoisotopic (exact) mass is 472 g/mol. The minimum Gasteiger partial charge on any atom is -0.481 e. The van der Waals surface area contributed by atoms with Crippen LogP contribution in [0.4, 0.5) is 24.7 Å². The summed E-state index contributed by atoms with van der Waals surface area (Å²) < 4.78 is 75.1. The SMILES string of the molecule is COc1cc(NS(=O)(=O)c2ccc(NC(=O)c3cc(C(F)(F)F)[nH]n3)cc2)nc(OC)n1. The molecule has 2 aromatic heterocycles. The summed E-state index contributed by atoms with van der Waals surface area (Å²) >= 11 is 0. The minimum absolute atomic E-state index is 0.0691. The summed E-state index contributed by atoms with van der Waals surface area (Å²) in [6.45, 7) is 0. The van der Waals surface area contributed by atoms with Crippen LogP contribution in [0.15, 0.2) is 41.3 Å². The quantitative estimate of drug-likeness (QED) is 0.474. The topological polar surface area (TPSA) is 148 Å². The Morgan fingerprint density at radius 2 is 1.75 bits per heavy atom. The maximum Gasteiger partial charge on any atom is 0.432 e. The highest BCUT2D eigenvalue weighted by molar-refractivity contribution is 7.92. The number of alkyl halides is 3. The summed E-state index contributed by atoms with van der Waals surface area (Å²) in [5, 5.41) is 7.37. The highest BCUT2D eigenvalue weighted by atomic mass is 32.2. The van der Waals surface area contributed by atoms with Gasteiger partial charge in [0.05, 0.1) is 19.1 Å². The van der Waals surface area contributed by atoms with Gasteiger partial charge in [-0.25, -0.2) is 8.42 Å². The van der Waals surface area contributed by atoms with Gasteiger partial charge in [-0.3, -0.25) is 14.6 Å². The molecule has 15 heteroatoms. The molecule has 0 radical (unpaired) electrons. The summed E-state index contributed by atoms with van der Waals surface area (Å²) in [4.78, 5) is 19.6. The zero-order valence-electron chi connectivity index (χ0n) is 16.4. The molecule has 32 heavy (non-hydrogen) atoms. The van der Waals surface area contributed by atoms with Gasteiger partial charge in [-0.1, -0.05) is 0 Å². The first-order valence-electron chi connectivity index (χ1n) is 8.56. The van der Waals surface area contributed by atoms with E-state index in [0.29, 0.717) is 6.07 Å². The second-order valence-corrected chi connectivity index (χ2v) is 7.71. The second-order valence-electron chi connectivity index (χ2n) is 6.03. The van der Waals surface area contributed by atoms with Crippen molar-refractivity contribution in [2.45, 2.75) is 11.1 Å². The van der Waals surface area contributed by atoms with Crippen LogP contribution in [-0.4, -0.2) is 48.7 Å². The van der Waals surface area contributed by atoms with Crippen LogP contribution in [0.5, 0.6) is 11.9 Å². The Hall–Kier alpha value is -3.88. The van der Waals surface area contributed by atoms with Gasteiger partial charge in [0.2, 0.25) is 5.88 Å². The van der Waals surface area contributed by atoms with Crippen LogP contribution in [-0.2, 0) is 16.2 Å². The molecule has 1 amide bonds. The van der Waals surface area contributed by atoms with Gasteiger partial charge in [-0.15, -0.1) is 0 Å². The number of rotatable bonds is 7. The van der Waals surface area contributed by atoms with Crippen molar-refractivity contribution >= 4 is 27.4 Å². The zero-order chi connectivity index (χ0) is 23.5. The van der Waals surface area contributed by atoms with E-state index >= 15 is 0 Å². The van der Waals surface area contributed by atoms with E-state index < -0.39 is 33.5 Å². The molecule has 170 valence electrons. The number of aromatic nitrogens is 4. The van der Waals surface area contributed by atoms with Crippen molar-refractivity contribution in [3.63, 3.8) is 0 Å². The summed E-state index contributed by atoms with van der Waals surface area (Å²) in [5.74, 6) is -0.949. The van der Waals surface area contributed by atoms with Crippen LogP contribution >= 0.6 is 0 Å². The van der Waals surface area contributed by atoms with Crippen LogP contribution in [0, 0.1) is 0 Å². The fraction of sp³-hybridized carbons (Fsp3) is 0.176. The largest absolute Gasteiger partial charge is 0.481 e. The molecular weight excluding hydrogens is 457 g/mol. The van der Waals surface area contributed by atoms with E-state index in [9.17, 15) is 26.4 Å². The number of methoxy groups -OCH3 is 2. The van der Waals surface area contributed by atoms with Crippen molar-refractivity contribution in [1.82, 2.24) is 20.2 Å². The average molecular weight is 472 g/mol. The van der Waals surface area contributed by atoms with Crippen molar-refractivity contribution in [2.75, 3.05) is 24.3 Å². The number of carbonyl (C=O) groups excluding carboxylic acids is 1. The smallest absolute Gasteiger partial charge is 0.432 e. The lowest BCUT2D eigenvalue weighted by Gasteiger charge is -2.10.